The summed E-state index contributed by atoms with van der Waals surface area (Å²) in [6.45, 7) is 7.51. The molecule has 0 bridgehead atoms. The third-order valence-electron chi connectivity index (χ3n) is 6.80. The van der Waals surface area contributed by atoms with E-state index in [1.165, 1.54) is 0 Å². The summed E-state index contributed by atoms with van der Waals surface area (Å²) in [4.78, 5) is 6.95. The molecule has 6 heteroatoms. The molecule has 1 saturated heterocycles. The molecule has 1 saturated carbocycles. The fourth-order valence-electron chi connectivity index (χ4n) is 4.97. The quantitative estimate of drug-likeness (QED) is 0.540. The van der Waals surface area contributed by atoms with Crippen LogP contribution in [0.3, 0.4) is 0 Å². The number of hydrogen-bond acceptors (Lipinski definition) is 5. The van der Waals surface area contributed by atoms with Crippen molar-refractivity contribution in [3.05, 3.63) is 18.2 Å². The van der Waals surface area contributed by atoms with Gasteiger partial charge in [-0.15, -0.1) is 11.6 Å². The predicted molar refractivity (Wildman–Crippen MR) is 113 cm³/mol. The fraction of sp³-hybridized carbons (Fsp3) is 0.818. The summed E-state index contributed by atoms with van der Waals surface area (Å²) >= 11 is 6.81. The van der Waals surface area contributed by atoms with Crippen molar-refractivity contribution in [3.63, 3.8) is 0 Å². The van der Waals surface area contributed by atoms with E-state index in [4.69, 9.17) is 16.3 Å². The predicted octanol–water partition coefficient (Wildman–Crippen LogP) is 2.85. The number of aliphatic hydroxyl groups excluding tert-OH is 2. The lowest BCUT2D eigenvalue weighted by Gasteiger charge is -2.32. The molecule has 5 nitrogen and oxygen atoms in total. The second kappa shape index (κ2) is 10.4. The van der Waals surface area contributed by atoms with Crippen LogP contribution in [0.25, 0.3) is 0 Å². The number of alkyl halides is 1. The summed E-state index contributed by atoms with van der Waals surface area (Å²) in [7, 11) is 0. The molecular weight excluding hydrogens is 376 g/mol. The number of allylic oxidation sites excluding steroid dienone is 2. The van der Waals surface area contributed by atoms with Gasteiger partial charge < -0.3 is 19.8 Å². The zero-order chi connectivity index (χ0) is 20.1. The van der Waals surface area contributed by atoms with E-state index in [9.17, 15) is 10.2 Å². The smallest absolute Gasteiger partial charge is 0.157 e. The molecule has 8 atom stereocenters. The number of hydrogen-bond donors (Lipinski definition) is 2. The number of halogens is 1. The van der Waals surface area contributed by atoms with Gasteiger partial charge >= 0.3 is 0 Å². The second-order valence-corrected chi connectivity index (χ2v) is 9.14. The Labute approximate surface area is 174 Å². The van der Waals surface area contributed by atoms with Gasteiger partial charge in [0.25, 0.3) is 0 Å². The zero-order valence-electron chi connectivity index (χ0n) is 17.1. The van der Waals surface area contributed by atoms with Gasteiger partial charge in [-0.05, 0) is 69.5 Å². The molecule has 28 heavy (non-hydrogen) atoms. The first-order valence-corrected chi connectivity index (χ1v) is 11.2. The van der Waals surface area contributed by atoms with Crippen molar-refractivity contribution in [2.75, 3.05) is 26.2 Å². The molecule has 0 aromatic carbocycles. The molecule has 3 aliphatic rings. The van der Waals surface area contributed by atoms with Gasteiger partial charge in [0.2, 0.25) is 0 Å². The highest BCUT2D eigenvalue weighted by Gasteiger charge is 2.42. The summed E-state index contributed by atoms with van der Waals surface area (Å²) in [6, 6.07) is -0.215. The van der Waals surface area contributed by atoms with Crippen molar-refractivity contribution in [3.8, 4) is 0 Å². The molecule has 0 aromatic heterocycles. The zero-order valence-corrected chi connectivity index (χ0v) is 17.8. The van der Waals surface area contributed by atoms with Crippen LogP contribution >= 0.6 is 11.6 Å². The van der Waals surface area contributed by atoms with Crippen molar-refractivity contribution in [1.82, 2.24) is 4.90 Å². The maximum absolute atomic E-state index is 11.0. The summed E-state index contributed by atoms with van der Waals surface area (Å²) in [5.41, 5.74) is 0. The van der Waals surface area contributed by atoms with Crippen molar-refractivity contribution in [2.45, 2.75) is 63.3 Å². The van der Waals surface area contributed by atoms with Gasteiger partial charge in [0.15, 0.2) is 6.29 Å². The van der Waals surface area contributed by atoms with Crippen molar-refractivity contribution >= 4 is 17.5 Å². The highest BCUT2D eigenvalue weighted by atomic mass is 35.5. The number of aliphatic imine (C=N–C) groups is 1. The lowest BCUT2D eigenvalue weighted by atomic mass is 9.85. The Morgan fingerprint density at radius 3 is 2.96 bits per heavy atom. The third-order valence-corrected chi connectivity index (χ3v) is 7.27. The van der Waals surface area contributed by atoms with Crippen LogP contribution in [0.5, 0.6) is 0 Å². The lowest BCUT2D eigenvalue weighted by molar-refractivity contribution is -0.132. The average Bonchev–Trinajstić information content (AvgIpc) is 3.09. The lowest BCUT2D eigenvalue weighted by Crippen LogP contribution is -2.40. The highest BCUT2D eigenvalue weighted by Crippen LogP contribution is 2.38. The molecule has 3 rings (SSSR count). The van der Waals surface area contributed by atoms with Gasteiger partial charge in [-0.25, -0.2) is 4.99 Å². The largest absolute Gasteiger partial charge is 0.391 e. The van der Waals surface area contributed by atoms with Crippen LogP contribution in [-0.4, -0.2) is 71.0 Å². The minimum Gasteiger partial charge on any atom is -0.391 e. The van der Waals surface area contributed by atoms with Crippen molar-refractivity contribution < 1.29 is 14.9 Å². The minimum absolute atomic E-state index is 0.0394. The molecule has 1 aliphatic carbocycles. The Hall–Kier alpha value is -0.680. The number of rotatable bonds is 5. The SMILES string of the molecule is CCOC(O)C1CCCN(CC2CC(Cl)C3C=CC=C=NC3C(O)C2C)CC1. The first-order chi connectivity index (χ1) is 13.5. The number of likely N-dealkylation sites (tertiary alicyclic amines) is 1. The Bertz CT molecular complexity index is 592. The van der Waals surface area contributed by atoms with E-state index in [0.29, 0.717) is 12.5 Å². The van der Waals surface area contributed by atoms with Gasteiger partial charge in [-0.1, -0.05) is 19.1 Å². The van der Waals surface area contributed by atoms with Gasteiger partial charge in [-0.3, -0.25) is 0 Å². The molecule has 2 heterocycles. The average molecular weight is 411 g/mol. The maximum atomic E-state index is 11.0. The van der Waals surface area contributed by atoms with Crippen molar-refractivity contribution in [1.29, 1.82) is 0 Å². The second-order valence-electron chi connectivity index (χ2n) is 8.58. The van der Waals surface area contributed by atoms with E-state index in [1.54, 1.807) is 6.08 Å². The van der Waals surface area contributed by atoms with Gasteiger partial charge in [-0.2, -0.15) is 0 Å². The minimum atomic E-state index is -0.652. The molecule has 0 spiro atoms. The van der Waals surface area contributed by atoms with Crippen LogP contribution in [0.4, 0.5) is 0 Å². The van der Waals surface area contributed by atoms with E-state index in [0.717, 1.165) is 45.3 Å². The summed E-state index contributed by atoms with van der Waals surface area (Å²) in [6.07, 6.45) is 8.52. The number of aliphatic hydroxyl groups is 2. The monoisotopic (exact) mass is 410 g/mol. The van der Waals surface area contributed by atoms with Gasteiger partial charge in [0.1, 0.15) is 0 Å². The topological polar surface area (TPSA) is 65.3 Å². The Morgan fingerprint density at radius 2 is 2.18 bits per heavy atom. The molecule has 0 aromatic rings. The number of nitrogens with zero attached hydrogens (tertiary/aromatic N) is 2. The van der Waals surface area contributed by atoms with E-state index in [2.05, 4.69) is 28.8 Å². The molecule has 158 valence electrons. The fourth-order valence-corrected chi connectivity index (χ4v) is 5.44. The molecule has 8 unspecified atom stereocenters. The van der Waals surface area contributed by atoms with Crippen LogP contribution in [0, 0.1) is 23.7 Å². The summed E-state index contributed by atoms with van der Waals surface area (Å²) in [5.74, 6) is 3.63. The Kier molecular flexibility index (Phi) is 8.16. The third kappa shape index (κ3) is 5.27. The highest BCUT2D eigenvalue weighted by molar-refractivity contribution is 6.21. The Morgan fingerprint density at radius 1 is 1.36 bits per heavy atom. The normalized spacial score (nSPS) is 40.4. The maximum Gasteiger partial charge on any atom is 0.157 e. The van der Waals surface area contributed by atoms with Crippen molar-refractivity contribution in [2.24, 2.45) is 28.7 Å². The standard InChI is InChI=1S/C22H35ClN2O3/c1-3-28-22(27)16-7-6-11-25(12-9-16)14-17-13-19(23)18-8-4-5-10-24-20(18)21(26)15(17)2/h4-5,8,15-22,26-27H,3,6-7,9,11-14H2,1-2H3. The van der Waals surface area contributed by atoms with Crippen LogP contribution < -0.4 is 0 Å². The number of fused-ring (bicyclic) bond motifs is 1. The first kappa shape index (κ1) is 22.0. The van der Waals surface area contributed by atoms with Gasteiger partial charge in [0.05, 0.1) is 12.1 Å². The summed E-state index contributed by atoms with van der Waals surface area (Å²) < 4.78 is 5.41. The molecule has 2 fully saturated rings. The van der Waals surface area contributed by atoms with E-state index < -0.39 is 12.4 Å². The van der Waals surface area contributed by atoms with Gasteiger partial charge in [0, 0.05) is 30.4 Å². The van der Waals surface area contributed by atoms with Crippen LogP contribution in [0.15, 0.2) is 23.2 Å². The molecule has 0 amide bonds. The summed E-state index contributed by atoms with van der Waals surface area (Å²) in [5, 5.41) is 21.2. The van der Waals surface area contributed by atoms with Crippen LogP contribution in [0.1, 0.15) is 39.5 Å². The van der Waals surface area contributed by atoms with E-state index in [-0.39, 0.29) is 29.2 Å². The van der Waals surface area contributed by atoms with E-state index >= 15 is 0 Å². The Balaban J connectivity index is 1.64. The van der Waals surface area contributed by atoms with Crippen LogP contribution in [-0.2, 0) is 4.74 Å². The first-order valence-electron chi connectivity index (χ1n) is 10.8. The number of ether oxygens (including phenoxy) is 1. The molecule has 2 N–H and O–H groups in total. The molecule has 0 radical (unpaired) electrons. The van der Waals surface area contributed by atoms with Crippen LogP contribution in [0.2, 0.25) is 0 Å². The molecular formula is C22H35ClN2O3. The molecule has 2 aliphatic heterocycles. The van der Waals surface area contributed by atoms with E-state index in [1.807, 2.05) is 13.0 Å².